The number of nitrogens with one attached hydrogen (secondary N) is 1. The third kappa shape index (κ3) is 4.03. The number of benzene rings is 2. The maximum Gasteiger partial charge on any atom is 0.102 e. The molecule has 0 saturated heterocycles. The van der Waals surface area contributed by atoms with Gasteiger partial charge < -0.3 is 5.32 Å². The molecule has 2 aromatic carbocycles. The fourth-order valence-corrected chi connectivity index (χ4v) is 2.95. The largest absolute Gasteiger partial charge is 0.380 e. The minimum absolute atomic E-state index is 0.735. The Labute approximate surface area is 131 Å². The molecule has 0 spiro atoms. The van der Waals surface area contributed by atoms with E-state index in [1.807, 2.05) is 18.2 Å². The van der Waals surface area contributed by atoms with Gasteiger partial charge in [0, 0.05) is 11.4 Å². The highest BCUT2D eigenvalue weighted by atomic mass is 32.2. The normalized spacial score (nSPS) is 10.1. The van der Waals surface area contributed by atoms with Gasteiger partial charge in [-0.15, -0.1) is 11.8 Å². The molecule has 0 aliphatic rings. The molecule has 21 heavy (non-hydrogen) atoms. The third-order valence-corrected chi connectivity index (χ3v) is 4.29. The van der Waals surface area contributed by atoms with Crippen LogP contribution in [0, 0.1) is 11.3 Å². The zero-order chi connectivity index (χ0) is 15.1. The molecule has 0 amide bonds. The van der Waals surface area contributed by atoms with Gasteiger partial charge in [-0.1, -0.05) is 44.2 Å². The summed E-state index contributed by atoms with van der Waals surface area (Å²) in [5.74, 6) is 0.969. The lowest BCUT2D eigenvalue weighted by molar-refractivity contribution is 1.10. The van der Waals surface area contributed by atoms with E-state index in [0.717, 1.165) is 34.9 Å². The molecule has 0 aliphatic heterocycles. The molecule has 0 heterocycles. The van der Waals surface area contributed by atoms with E-state index in [2.05, 4.69) is 49.5 Å². The predicted octanol–water partition coefficient (Wildman–Crippen LogP) is 4.84. The molecule has 0 bridgehead atoms. The maximum absolute atomic E-state index is 9.39. The first-order chi connectivity index (χ1) is 10.3. The Hall–Kier alpha value is -1.92. The highest BCUT2D eigenvalue weighted by molar-refractivity contribution is 7.99. The highest BCUT2D eigenvalue weighted by Gasteiger charge is 2.07. The molecule has 0 aliphatic carbocycles. The zero-order valence-electron chi connectivity index (χ0n) is 12.5. The van der Waals surface area contributed by atoms with Gasteiger partial charge >= 0.3 is 0 Å². The van der Waals surface area contributed by atoms with Crippen molar-refractivity contribution in [1.82, 2.24) is 0 Å². The van der Waals surface area contributed by atoms with E-state index < -0.39 is 0 Å². The number of nitriles is 1. The molecule has 2 rings (SSSR count). The summed E-state index contributed by atoms with van der Waals surface area (Å²) in [6.07, 6.45) is 1.06. The van der Waals surface area contributed by atoms with Crippen LogP contribution in [0.5, 0.6) is 0 Å². The topological polar surface area (TPSA) is 35.8 Å². The van der Waals surface area contributed by atoms with Crippen molar-refractivity contribution in [2.75, 3.05) is 11.1 Å². The number of rotatable bonds is 6. The monoisotopic (exact) mass is 296 g/mol. The SMILES string of the molecule is CCSc1cccc(NCc2ccc(CC)cc2)c1C#N. The van der Waals surface area contributed by atoms with Gasteiger partial charge in [0.1, 0.15) is 6.07 Å². The first-order valence-corrected chi connectivity index (χ1v) is 8.24. The van der Waals surface area contributed by atoms with Crippen molar-refractivity contribution in [1.29, 1.82) is 5.26 Å². The van der Waals surface area contributed by atoms with E-state index in [0.29, 0.717) is 0 Å². The number of thioether (sulfide) groups is 1. The van der Waals surface area contributed by atoms with Crippen LogP contribution in [0.15, 0.2) is 47.4 Å². The van der Waals surface area contributed by atoms with E-state index in [1.54, 1.807) is 11.8 Å². The zero-order valence-corrected chi connectivity index (χ0v) is 13.3. The Morgan fingerprint density at radius 2 is 1.76 bits per heavy atom. The van der Waals surface area contributed by atoms with Crippen LogP contribution in [0.3, 0.4) is 0 Å². The lowest BCUT2D eigenvalue weighted by Crippen LogP contribution is -2.02. The summed E-state index contributed by atoms with van der Waals surface area (Å²) in [5.41, 5.74) is 4.23. The summed E-state index contributed by atoms with van der Waals surface area (Å²) in [7, 11) is 0. The Bertz CT molecular complexity index is 627. The molecular weight excluding hydrogens is 276 g/mol. The fraction of sp³-hybridized carbons (Fsp3) is 0.278. The summed E-state index contributed by atoms with van der Waals surface area (Å²) in [4.78, 5) is 1.05. The molecule has 108 valence electrons. The van der Waals surface area contributed by atoms with Gasteiger partial charge in [0.05, 0.1) is 11.3 Å². The van der Waals surface area contributed by atoms with Gasteiger partial charge in [-0.3, -0.25) is 0 Å². The molecule has 1 N–H and O–H groups in total. The quantitative estimate of drug-likeness (QED) is 0.774. The number of hydrogen-bond acceptors (Lipinski definition) is 3. The Morgan fingerprint density at radius 3 is 2.38 bits per heavy atom. The molecule has 2 aromatic rings. The second kappa shape index (κ2) is 7.75. The summed E-state index contributed by atoms with van der Waals surface area (Å²) in [5, 5.41) is 12.8. The number of anilines is 1. The van der Waals surface area contributed by atoms with Crippen molar-refractivity contribution >= 4 is 17.4 Å². The minimum atomic E-state index is 0.735. The van der Waals surface area contributed by atoms with Gasteiger partial charge in [0.2, 0.25) is 0 Å². The predicted molar refractivity (Wildman–Crippen MR) is 90.7 cm³/mol. The van der Waals surface area contributed by atoms with Gasteiger partial charge in [-0.2, -0.15) is 5.26 Å². The van der Waals surface area contributed by atoms with Crippen LogP contribution in [0.2, 0.25) is 0 Å². The fourth-order valence-electron chi connectivity index (χ4n) is 2.16. The molecule has 3 heteroatoms. The first-order valence-electron chi connectivity index (χ1n) is 7.26. The van der Waals surface area contributed by atoms with Gasteiger partial charge in [-0.25, -0.2) is 0 Å². The van der Waals surface area contributed by atoms with Crippen LogP contribution in [0.25, 0.3) is 0 Å². The van der Waals surface area contributed by atoms with Crippen molar-refractivity contribution in [3.05, 3.63) is 59.2 Å². The highest BCUT2D eigenvalue weighted by Crippen LogP contribution is 2.28. The average Bonchev–Trinajstić information content (AvgIpc) is 2.54. The minimum Gasteiger partial charge on any atom is -0.380 e. The Morgan fingerprint density at radius 1 is 1.05 bits per heavy atom. The van der Waals surface area contributed by atoms with Crippen LogP contribution in [0.4, 0.5) is 5.69 Å². The van der Waals surface area contributed by atoms with E-state index in [1.165, 1.54) is 11.1 Å². The number of aryl methyl sites for hydroxylation is 1. The van der Waals surface area contributed by atoms with E-state index in [-0.39, 0.29) is 0 Å². The Kier molecular flexibility index (Phi) is 5.71. The number of hydrogen-bond donors (Lipinski definition) is 1. The Balaban J connectivity index is 2.12. The van der Waals surface area contributed by atoms with E-state index >= 15 is 0 Å². The summed E-state index contributed by atoms with van der Waals surface area (Å²) >= 11 is 1.70. The summed E-state index contributed by atoms with van der Waals surface area (Å²) in [6, 6.07) is 16.9. The van der Waals surface area contributed by atoms with E-state index in [4.69, 9.17) is 0 Å². The van der Waals surface area contributed by atoms with Crippen LogP contribution < -0.4 is 5.32 Å². The van der Waals surface area contributed by atoms with Crippen LogP contribution in [-0.2, 0) is 13.0 Å². The van der Waals surface area contributed by atoms with Crippen molar-refractivity contribution < 1.29 is 0 Å². The molecule has 0 fully saturated rings. The maximum atomic E-state index is 9.39. The lowest BCUT2D eigenvalue weighted by Gasteiger charge is -2.11. The van der Waals surface area contributed by atoms with Gasteiger partial charge in [0.25, 0.3) is 0 Å². The lowest BCUT2D eigenvalue weighted by atomic mass is 10.1. The van der Waals surface area contributed by atoms with Crippen molar-refractivity contribution in [3.63, 3.8) is 0 Å². The second-order valence-corrected chi connectivity index (χ2v) is 6.05. The molecule has 0 unspecified atom stereocenters. The first kappa shape index (κ1) is 15.5. The molecule has 0 radical (unpaired) electrons. The molecule has 0 aromatic heterocycles. The summed E-state index contributed by atoms with van der Waals surface area (Å²) in [6.45, 7) is 4.99. The van der Waals surface area contributed by atoms with Crippen molar-refractivity contribution in [2.24, 2.45) is 0 Å². The van der Waals surface area contributed by atoms with Crippen molar-refractivity contribution in [2.45, 2.75) is 31.7 Å². The third-order valence-electron chi connectivity index (χ3n) is 3.35. The molecule has 0 atom stereocenters. The standard InChI is InChI=1S/C18H20N2S/c1-3-14-8-10-15(11-9-14)13-20-17-6-5-7-18(21-4-2)16(17)12-19/h5-11,20H,3-4,13H2,1-2H3. The van der Waals surface area contributed by atoms with Crippen molar-refractivity contribution in [3.8, 4) is 6.07 Å². The van der Waals surface area contributed by atoms with E-state index in [9.17, 15) is 5.26 Å². The molecular formula is C18H20N2S. The van der Waals surface area contributed by atoms with Crippen LogP contribution in [0.1, 0.15) is 30.5 Å². The smallest absolute Gasteiger partial charge is 0.102 e. The molecule has 0 saturated carbocycles. The van der Waals surface area contributed by atoms with Gasteiger partial charge in [-0.05, 0) is 35.4 Å². The number of nitrogens with zero attached hydrogens (tertiary/aromatic N) is 1. The van der Waals surface area contributed by atoms with Crippen LogP contribution >= 0.6 is 11.8 Å². The molecule has 2 nitrogen and oxygen atoms in total. The second-order valence-electron chi connectivity index (χ2n) is 4.75. The average molecular weight is 296 g/mol. The summed E-state index contributed by atoms with van der Waals surface area (Å²) < 4.78 is 0. The van der Waals surface area contributed by atoms with Crippen LogP contribution in [-0.4, -0.2) is 5.75 Å². The van der Waals surface area contributed by atoms with Gasteiger partial charge in [0.15, 0.2) is 0 Å².